The molecular weight excluding hydrogens is 258 g/mol. The Morgan fingerprint density at radius 1 is 1.21 bits per heavy atom. The van der Waals surface area contributed by atoms with Crippen LogP contribution in [0.1, 0.15) is 50.7 Å². The van der Waals surface area contributed by atoms with E-state index in [9.17, 15) is 0 Å². The molecular formula is C16H24ClNO. The minimum absolute atomic E-state index is 0.0396. The van der Waals surface area contributed by atoms with E-state index in [-0.39, 0.29) is 5.41 Å². The van der Waals surface area contributed by atoms with E-state index in [4.69, 9.17) is 16.3 Å². The van der Waals surface area contributed by atoms with E-state index in [0.717, 1.165) is 36.7 Å². The number of nitrogens with one attached hydrogen (secondary N) is 1. The highest BCUT2D eigenvalue weighted by Gasteiger charge is 2.26. The largest absolute Gasteiger partial charge is 0.496 e. The second kappa shape index (κ2) is 5.72. The molecule has 1 aliphatic heterocycles. The van der Waals surface area contributed by atoms with Gasteiger partial charge in [-0.1, -0.05) is 32.4 Å². The minimum Gasteiger partial charge on any atom is -0.496 e. The second-order valence-corrected chi connectivity index (χ2v) is 6.79. The zero-order valence-corrected chi connectivity index (χ0v) is 13.1. The Kier molecular flexibility index (Phi) is 4.42. The van der Waals surface area contributed by atoms with E-state index in [2.05, 4.69) is 32.2 Å². The van der Waals surface area contributed by atoms with Crippen molar-refractivity contribution in [2.45, 2.75) is 44.9 Å². The van der Waals surface area contributed by atoms with Gasteiger partial charge < -0.3 is 10.1 Å². The third kappa shape index (κ3) is 3.24. The average Bonchev–Trinajstić information content (AvgIpc) is 2.37. The maximum atomic E-state index is 6.33. The number of benzene rings is 1. The molecule has 1 N–H and O–H groups in total. The van der Waals surface area contributed by atoms with Crippen molar-refractivity contribution in [3.63, 3.8) is 0 Å². The summed E-state index contributed by atoms with van der Waals surface area (Å²) in [7, 11) is 1.77. The monoisotopic (exact) mass is 281 g/mol. The third-order valence-corrected chi connectivity index (χ3v) is 4.09. The van der Waals surface area contributed by atoms with Crippen LogP contribution >= 0.6 is 11.6 Å². The Labute approximate surface area is 121 Å². The van der Waals surface area contributed by atoms with Crippen molar-refractivity contribution in [3.8, 4) is 5.75 Å². The van der Waals surface area contributed by atoms with E-state index in [1.807, 2.05) is 6.07 Å². The van der Waals surface area contributed by atoms with Gasteiger partial charge in [-0.05, 0) is 55.0 Å². The Morgan fingerprint density at radius 2 is 1.84 bits per heavy atom. The highest BCUT2D eigenvalue weighted by Crippen LogP contribution is 2.41. The highest BCUT2D eigenvalue weighted by atomic mass is 35.5. The van der Waals surface area contributed by atoms with Gasteiger partial charge in [-0.15, -0.1) is 0 Å². The summed E-state index contributed by atoms with van der Waals surface area (Å²) in [5, 5.41) is 4.23. The molecule has 0 radical (unpaired) electrons. The van der Waals surface area contributed by atoms with Crippen molar-refractivity contribution in [1.29, 1.82) is 0 Å². The number of hydrogen-bond donors (Lipinski definition) is 1. The predicted molar refractivity (Wildman–Crippen MR) is 81.5 cm³/mol. The Hall–Kier alpha value is -0.730. The Morgan fingerprint density at radius 3 is 2.37 bits per heavy atom. The zero-order valence-electron chi connectivity index (χ0n) is 12.3. The molecule has 3 heteroatoms. The zero-order chi connectivity index (χ0) is 14.0. The van der Waals surface area contributed by atoms with Crippen LogP contribution in [0.2, 0.25) is 5.02 Å². The first-order chi connectivity index (χ1) is 8.93. The summed E-state index contributed by atoms with van der Waals surface area (Å²) in [5.41, 5.74) is 2.52. The van der Waals surface area contributed by atoms with E-state index >= 15 is 0 Å². The van der Waals surface area contributed by atoms with E-state index in [0.29, 0.717) is 5.92 Å². The molecule has 1 aromatic rings. The lowest BCUT2D eigenvalue weighted by molar-refractivity contribution is 0.378. The lowest BCUT2D eigenvalue weighted by Gasteiger charge is -2.29. The predicted octanol–water partition coefficient (Wildman–Crippen LogP) is 4.11. The average molecular weight is 282 g/mol. The van der Waals surface area contributed by atoms with Crippen LogP contribution in [0.15, 0.2) is 12.1 Å². The van der Waals surface area contributed by atoms with Crippen LogP contribution in [-0.4, -0.2) is 20.2 Å². The first-order valence-corrected chi connectivity index (χ1v) is 7.40. The molecule has 1 saturated heterocycles. The van der Waals surface area contributed by atoms with Crippen LogP contribution < -0.4 is 10.1 Å². The topological polar surface area (TPSA) is 21.3 Å². The van der Waals surface area contributed by atoms with Gasteiger partial charge in [0.15, 0.2) is 0 Å². The van der Waals surface area contributed by atoms with Gasteiger partial charge >= 0.3 is 0 Å². The molecule has 1 fully saturated rings. The van der Waals surface area contributed by atoms with Gasteiger partial charge in [-0.25, -0.2) is 0 Å². The van der Waals surface area contributed by atoms with Gasteiger partial charge in [-0.2, -0.15) is 0 Å². The molecule has 0 bridgehead atoms. The van der Waals surface area contributed by atoms with Gasteiger partial charge in [-0.3, -0.25) is 0 Å². The SMILES string of the molecule is COc1c(C2CCNCC2)cc(Cl)cc1C(C)(C)C. The molecule has 1 heterocycles. The Balaban J connectivity index is 2.50. The summed E-state index contributed by atoms with van der Waals surface area (Å²) in [4.78, 5) is 0. The fourth-order valence-electron chi connectivity index (χ4n) is 2.84. The number of ether oxygens (including phenoxy) is 1. The quantitative estimate of drug-likeness (QED) is 0.881. The van der Waals surface area contributed by atoms with Crippen LogP contribution in [-0.2, 0) is 5.41 Å². The first kappa shape index (κ1) is 14.7. The lowest BCUT2D eigenvalue weighted by Crippen LogP contribution is -2.27. The van der Waals surface area contributed by atoms with Crippen molar-refractivity contribution in [2.75, 3.05) is 20.2 Å². The molecule has 19 heavy (non-hydrogen) atoms. The minimum atomic E-state index is 0.0396. The molecule has 1 aromatic carbocycles. The maximum Gasteiger partial charge on any atom is 0.126 e. The summed E-state index contributed by atoms with van der Waals surface area (Å²) in [5.74, 6) is 1.58. The van der Waals surface area contributed by atoms with Crippen molar-refractivity contribution in [2.24, 2.45) is 0 Å². The van der Waals surface area contributed by atoms with Crippen molar-refractivity contribution in [1.82, 2.24) is 5.32 Å². The van der Waals surface area contributed by atoms with Crippen molar-refractivity contribution < 1.29 is 4.74 Å². The fraction of sp³-hybridized carbons (Fsp3) is 0.625. The second-order valence-electron chi connectivity index (χ2n) is 6.35. The van der Waals surface area contributed by atoms with Crippen LogP contribution in [0.4, 0.5) is 0 Å². The van der Waals surface area contributed by atoms with E-state index in [1.165, 1.54) is 11.1 Å². The van der Waals surface area contributed by atoms with Gasteiger partial charge in [0.1, 0.15) is 5.75 Å². The highest BCUT2D eigenvalue weighted by molar-refractivity contribution is 6.30. The summed E-state index contributed by atoms with van der Waals surface area (Å²) >= 11 is 6.33. The number of halogens is 1. The Bertz CT molecular complexity index is 445. The van der Waals surface area contributed by atoms with Crippen LogP contribution in [0.25, 0.3) is 0 Å². The third-order valence-electron chi connectivity index (χ3n) is 3.87. The van der Waals surface area contributed by atoms with Crippen LogP contribution in [0.5, 0.6) is 5.75 Å². The molecule has 106 valence electrons. The first-order valence-electron chi connectivity index (χ1n) is 7.02. The number of piperidine rings is 1. The van der Waals surface area contributed by atoms with Crippen LogP contribution in [0, 0.1) is 0 Å². The molecule has 0 unspecified atom stereocenters. The van der Waals surface area contributed by atoms with Gasteiger partial charge in [0.05, 0.1) is 7.11 Å². The molecule has 1 aliphatic rings. The molecule has 0 saturated carbocycles. The molecule has 0 spiro atoms. The van der Waals surface area contributed by atoms with Gasteiger partial charge in [0.25, 0.3) is 0 Å². The normalized spacial score (nSPS) is 17.5. The van der Waals surface area contributed by atoms with E-state index < -0.39 is 0 Å². The number of rotatable bonds is 2. The maximum absolute atomic E-state index is 6.33. The molecule has 0 aromatic heterocycles. The summed E-state index contributed by atoms with van der Waals surface area (Å²) in [6.45, 7) is 8.75. The molecule has 2 nitrogen and oxygen atoms in total. The standard InChI is InChI=1S/C16H24ClNO/c1-16(2,3)14-10-12(17)9-13(15(14)19-4)11-5-7-18-8-6-11/h9-11,18H,5-8H2,1-4H3. The smallest absolute Gasteiger partial charge is 0.126 e. The summed E-state index contributed by atoms with van der Waals surface area (Å²) in [6, 6.07) is 4.14. The summed E-state index contributed by atoms with van der Waals surface area (Å²) < 4.78 is 5.73. The fourth-order valence-corrected chi connectivity index (χ4v) is 3.06. The molecule has 0 atom stereocenters. The van der Waals surface area contributed by atoms with Crippen LogP contribution in [0.3, 0.4) is 0 Å². The van der Waals surface area contributed by atoms with Crippen molar-refractivity contribution >= 4 is 11.6 Å². The summed E-state index contributed by atoms with van der Waals surface area (Å²) in [6.07, 6.45) is 2.31. The molecule has 0 aliphatic carbocycles. The number of hydrogen-bond acceptors (Lipinski definition) is 2. The molecule has 0 amide bonds. The molecule has 2 rings (SSSR count). The lowest BCUT2D eigenvalue weighted by atomic mass is 9.81. The van der Waals surface area contributed by atoms with E-state index in [1.54, 1.807) is 7.11 Å². The van der Waals surface area contributed by atoms with Gasteiger partial charge in [0, 0.05) is 10.6 Å². The van der Waals surface area contributed by atoms with Crippen molar-refractivity contribution in [3.05, 3.63) is 28.3 Å². The van der Waals surface area contributed by atoms with Gasteiger partial charge in [0.2, 0.25) is 0 Å². The number of methoxy groups -OCH3 is 1.